The van der Waals surface area contributed by atoms with Gasteiger partial charge in [0.25, 0.3) is 0 Å². The van der Waals surface area contributed by atoms with E-state index >= 15 is 0 Å². The fraction of sp³-hybridized carbons (Fsp3) is 0.667. The van der Waals surface area contributed by atoms with E-state index in [1.807, 2.05) is 4.90 Å². The number of aliphatic hydroxyl groups excluding tert-OH is 1. The van der Waals surface area contributed by atoms with Gasteiger partial charge in [0.15, 0.2) is 0 Å². The summed E-state index contributed by atoms with van der Waals surface area (Å²) in [7, 11) is 0. The molecule has 0 unspecified atom stereocenters. The third-order valence-electron chi connectivity index (χ3n) is 3.64. The Morgan fingerprint density at radius 3 is 2.62 bits per heavy atom. The maximum Gasteiger partial charge on any atom is 0.382 e. The van der Waals surface area contributed by atoms with Crippen molar-refractivity contribution >= 4 is 17.7 Å². The second kappa shape index (κ2) is 7.47. The number of Topliss-reactive ketones (excluding diaryl/α,β-unsaturated/α-hetero) is 1. The number of likely N-dealkylation sites (tertiary alicyclic amines) is 1. The topological polar surface area (TPSA) is 83.9 Å². The quantitative estimate of drug-likeness (QED) is 0.336. The summed E-state index contributed by atoms with van der Waals surface area (Å²) in [5.41, 5.74) is -1.25. The number of rotatable bonds is 6. The Kier molecular flexibility index (Phi) is 6.23. The molecule has 0 amide bonds. The van der Waals surface area contributed by atoms with E-state index in [0.29, 0.717) is 13.0 Å². The summed E-state index contributed by atoms with van der Waals surface area (Å²) in [5.74, 6) is -2.81. The first-order valence-electron chi connectivity index (χ1n) is 7.09. The number of nitrogens with zero attached hydrogens (tertiary/aromatic N) is 1. The number of carbonyl (C=O) groups is 3. The fourth-order valence-electron chi connectivity index (χ4n) is 2.20. The van der Waals surface area contributed by atoms with Crippen LogP contribution in [-0.4, -0.2) is 53.5 Å². The van der Waals surface area contributed by atoms with Crippen molar-refractivity contribution in [3.05, 3.63) is 12.7 Å². The molecule has 1 atom stereocenters. The molecule has 1 aliphatic heterocycles. The third kappa shape index (κ3) is 4.47. The van der Waals surface area contributed by atoms with Gasteiger partial charge in [-0.1, -0.05) is 26.3 Å². The lowest BCUT2D eigenvalue weighted by molar-refractivity contribution is -0.170. The van der Waals surface area contributed by atoms with Gasteiger partial charge >= 0.3 is 11.9 Å². The van der Waals surface area contributed by atoms with Crippen LogP contribution in [0.4, 0.5) is 0 Å². The molecule has 21 heavy (non-hydrogen) atoms. The van der Waals surface area contributed by atoms with Gasteiger partial charge < -0.3 is 9.84 Å². The van der Waals surface area contributed by atoms with Gasteiger partial charge in [0, 0.05) is 6.54 Å². The SMILES string of the molecule is C=CCN1CCCC[C@H]1C(=O)OC(=O)C(=O)C(C)(C)CO. The molecular weight excluding hydrogens is 274 g/mol. The predicted molar refractivity (Wildman–Crippen MR) is 76.4 cm³/mol. The highest BCUT2D eigenvalue weighted by Gasteiger charge is 2.37. The minimum absolute atomic E-state index is 0.485. The fourth-order valence-corrected chi connectivity index (χ4v) is 2.20. The van der Waals surface area contributed by atoms with Gasteiger partial charge in [-0.25, -0.2) is 9.59 Å². The molecule has 1 aliphatic rings. The zero-order valence-electron chi connectivity index (χ0n) is 12.6. The first kappa shape index (κ1) is 17.5. The summed E-state index contributed by atoms with van der Waals surface area (Å²) in [4.78, 5) is 37.5. The van der Waals surface area contributed by atoms with Gasteiger partial charge in [-0.3, -0.25) is 9.69 Å². The summed E-state index contributed by atoms with van der Waals surface area (Å²) < 4.78 is 4.70. The Morgan fingerprint density at radius 1 is 1.38 bits per heavy atom. The van der Waals surface area contributed by atoms with Crippen molar-refractivity contribution in [1.29, 1.82) is 0 Å². The van der Waals surface area contributed by atoms with Gasteiger partial charge in [0.05, 0.1) is 12.0 Å². The number of piperidine rings is 1. The molecule has 1 heterocycles. The molecule has 6 heteroatoms. The lowest BCUT2D eigenvalue weighted by atomic mass is 9.89. The van der Waals surface area contributed by atoms with Gasteiger partial charge in [0.2, 0.25) is 5.78 Å². The van der Waals surface area contributed by atoms with Crippen LogP contribution in [0.5, 0.6) is 0 Å². The van der Waals surface area contributed by atoms with Gasteiger partial charge in [-0.2, -0.15) is 0 Å². The smallest absolute Gasteiger partial charge is 0.382 e. The maximum atomic E-state index is 12.1. The Morgan fingerprint density at radius 2 is 2.05 bits per heavy atom. The third-order valence-corrected chi connectivity index (χ3v) is 3.64. The van der Waals surface area contributed by atoms with Gasteiger partial charge in [-0.05, 0) is 19.4 Å². The number of hydrogen-bond acceptors (Lipinski definition) is 6. The van der Waals surface area contributed by atoms with E-state index in [1.165, 1.54) is 13.8 Å². The van der Waals surface area contributed by atoms with E-state index in [1.54, 1.807) is 6.08 Å². The lowest BCUT2D eigenvalue weighted by Crippen LogP contribution is -2.47. The van der Waals surface area contributed by atoms with E-state index in [4.69, 9.17) is 9.84 Å². The zero-order valence-corrected chi connectivity index (χ0v) is 12.6. The monoisotopic (exact) mass is 297 g/mol. The van der Waals surface area contributed by atoms with Crippen LogP contribution in [0.3, 0.4) is 0 Å². The van der Waals surface area contributed by atoms with Crippen molar-refractivity contribution in [3.8, 4) is 0 Å². The zero-order chi connectivity index (χ0) is 16.0. The van der Waals surface area contributed by atoms with Crippen molar-refractivity contribution in [2.45, 2.75) is 39.2 Å². The molecule has 0 spiro atoms. The normalized spacial score (nSPS) is 19.9. The molecule has 0 aliphatic carbocycles. The van der Waals surface area contributed by atoms with E-state index in [-0.39, 0.29) is 0 Å². The molecule has 1 N–H and O–H groups in total. The van der Waals surface area contributed by atoms with Crippen molar-refractivity contribution in [3.63, 3.8) is 0 Å². The average Bonchev–Trinajstić information content (AvgIpc) is 2.47. The van der Waals surface area contributed by atoms with E-state index < -0.39 is 35.8 Å². The minimum atomic E-state index is -1.25. The number of aliphatic hydroxyl groups is 1. The Bertz CT molecular complexity index is 430. The van der Waals surface area contributed by atoms with Crippen LogP contribution in [0.25, 0.3) is 0 Å². The van der Waals surface area contributed by atoms with E-state index in [2.05, 4.69) is 6.58 Å². The summed E-state index contributed by atoms with van der Waals surface area (Å²) in [6.07, 6.45) is 4.13. The molecule has 0 aromatic heterocycles. The van der Waals surface area contributed by atoms with Crippen LogP contribution >= 0.6 is 0 Å². The molecular formula is C15H23NO5. The highest BCUT2D eigenvalue weighted by Crippen LogP contribution is 2.20. The van der Waals surface area contributed by atoms with Crippen LogP contribution in [0.15, 0.2) is 12.7 Å². The second-order valence-corrected chi connectivity index (χ2v) is 5.87. The average molecular weight is 297 g/mol. The summed E-state index contributed by atoms with van der Waals surface area (Å²) in [5, 5.41) is 9.08. The Labute approximate surface area is 124 Å². The van der Waals surface area contributed by atoms with Crippen LogP contribution < -0.4 is 0 Å². The second-order valence-electron chi connectivity index (χ2n) is 5.87. The van der Waals surface area contributed by atoms with Crippen LogP contribution in [0.1, 0.15) is 33.1 Å². The van der Waals surface area contributed by atoms with Crippen LogP contribution in [0, 0.1) is 5.41 Å². The summed E-state index contributed by atoms with van der Waals surface area (Å²) >= 11 is 0. The van der Waals surface area contributed by atoms with Crippen molar-refractivity contribution < 1.29 is 24.2 Å². The Balaban J connectivity index is 2.68. The highest BCUT2D eigenvalue weighted by atomic mass is 16.6. The molecule has 1 rings (SSSR count). The number of hydrogen-bond donors (Lipinski definition) is 1. The van der Waals surface area contributed by atoms with Gasteiger partial charge in [-0.15, -0.1) is 6.58 Å². The maximum absolute atomic E-state index is 12.1. The predicted octanol–water partition coefficient (Wildman–Crippen LogP) is 0.684. The van der Waals surface area contributed by atoms with Crippen molar-refractivity contribution in [1.82, 2.24) is 4.90 Å². The molecule has 118 valence electrons. The van der Waals surface area contributed by atoms with E-state index in [0.717, 1.165) is 19.4 Å². The number of ketones is 1. The largest absolute Gasteiger partial charge is 0.395 e. The van der Waals surface area contributed by atoms with Crippen LogP contribution in [-0.2, 0) is 19.1 Å². The molecule has 0 radical (unpaired) electrons. The first-order valence-corrected chi connectivity index (χ1v) is 7.09. The summed E-state index contributed by atoms with van der Waals surface area (Å²) in [6.45, 7) is 7.26. The standard InChI is InChI=1S/C15H23NO5/c1-4-8-16-9-6-5-7-11(16)13(19)21-14(20)12(18)15(2,3)10-17/h4,11,17H,1,5-10H2,2-3H3/t11-/m0/s1. The molecule has 6 nitrogen and oxygen atoms in total. The Hall–Kier alpha value is -1.53. The van der Waals surface area contributed by atoms with Crippen LogP contribution in [0.2, 0.25) is 0 Å². The molecule has 0 aromatic rings. The first-order chi connectivity index (χ1) is 9.83. The number of carbonyl (C=O) groups excluding carboxylic acids is 3. The molecule has 0 aromatic carbocycles. The minimum Gasteiger partial charge on any atom is -0.395 e. The molecule has 0 saturated carbocycles. The van der Waals surface area contributed by atoms with Crippen molar-refractivity contribution in [2.75, 3.05) is 19.7 Å². The highest BCUT2D eigenvalue weighted by molar-refractivity contribution is 6.37. The van der Waals surface area contributed by atoms with Crippen molar-refractivity contribution in [2.24, 2.45) is 5.41 Å². The molecule has 1 fully saturated rings. The molecule has 0 bridgehead atoms. The molecule has 1 saturated heterocycles. The number of ether oxygens (including phenoxy) is 1. The van der Waals surface area contributed by atoms with Gasteiger partial charge in [0.1, 0.15) is 6.04 Å². The number of esters is 2. The van der Waals surface area contributed by atoms with E-state index in [9.17, 15) is 14.4 Å². The summed E-state index contributed by atoms with van der Waals surface area (Å²) in [6, 6.07) is -0.522. The lowest BCUT2D eigenvalue weighted by Gasteiger charge is -2.32.